The zero-order valence-corrected chi connectivity index (χ0v) is 13.7. The Balaban J connectivity index is 1.75. The van der Waals surface area contributed by atoms with Crippen molar-refractivity contribution >= 4 is 23.2 Å². The molecule has 0 saturated carbocycles. The van der Waals surface area contributed by atoms with Crippen molar-refractivity contribution in [3.63, 3.8) is 0 Å². The molecule has 0 atom stereocenters. The molecule has 1 aromatic heterocycles. The SMILES string of the molecule is CCN(c1ccccc1)c1ncc(C(=O)Nc2ccc(F)cc2)cn1. The van der Waals surface area contributed by atoms with Gasteiger partial charge in [0.25, 0.3) is 5.91 Å². The minimum absolute atomic E-state index is 0.331. The number of benzene rings is 2. The lowest BCUT2D eigenvalue weighted by atomic mass is 10.2. The molecule has 0 fully saturated rings. The van der Waals surface area contributed by atoms with Gasteiger partial charge < -0.3 is 10.2 Å². The number of halogens is 1. The Kier molecular flexibility index (Phi) is 4.99. The van der Waals surface area contributed by atoms with Gasteiger partial charge >= 0.3 is 0 Å². The van der Waals surface area contributed by atoms with Gasteiger partial charge in [0.2, 0.25) is 5.95 Å². The molecule has 0 bridgehead atoms. The summed E-state index contributed by atoms with van der Waals surface area (Å²) in [7, 11) is 0. The topological polar surface area (TPSA) is 58.1 Å². The number of carbonyl (C=O) groups excluding carboxylic acids is 1. The molecule has 0 aliphatic carbocycles. The van der Waals surface area contributed by atoms with Crippen molar-refractivity contribution in [3.8, 4) is 0 Å². The smallest absolute Gasteiger partial charge is 0.258 e. The van der Waals surface area contributed by atoms with E-state index in [4.69, 9.17) is 0 Å². The number of amides is 1. The third-order valence-corrected chi connectivity index (χ3v) is 3.63. The van der Waals surface area contributed by atoms with Crippen LogP contribution in [-0.4, -0.2) is 22.4 Å². The highest BCUT2D eigenvalue weighted by Gasteiger charge is 2.12. The summed E-state index contributed by atoms with van der Waals surface area (Å²) in [5, 5.41) is 2.68. The molecule has 1 heterocycles. The number of nitrogens with one attached hydrogen (secondary N) is 1. The van der Waals surface area contributed by atoms with E-state index in [1.807, 2.05) is 42.2 Å². The molecule has 0 spiro atoms. The first-order chi connectivity index (χ1) is 12.2. The lowest BCUT2D eigenvalue weighted by Gasteiger charge is -2.20. The van der Waals surface area contributed by atoms with Crippen LogP contribution in [0.25, 0.3) is 0 Å². The molecule has 1 N–H and O–H groups in total. The van der Waals surface area contributed by atoms with Crippen LogP contribution >= 0.6 is 0 Å². The Morgan fingerprint density at radius 3 is 2.28 bits per heavy atom. The standard InChI is InChI=1S/C19H17FN4O/c1-2-24(17-6-4-3-5-7-17)19-21-12-14(13-22-19)18(25)23-16-10-8-15(20)9-11-16/h3-13H,2H2,1H3,(H,23,25). The highest BCUT2D eigenvalue weighted by Crippen LogP contribution is 2.21. The van der Waals surface area contributed by atoms with E-state index < -0.39 is 0 Å². The van der Waals surface area contributed by atoms with Crippen LogP contribution in [-0.2, 0) is 0 Å². The lowest BCUT2D eigenvalue weighted by Crippen LogP contribution is -2.20. The van der Waals surface area contributed by atoms with Gasteiger partial charge in [0.15, 0.2) is 0 Å². The maximum Gasteiger partial charge on any atom is 0.258 e. The fourth-order valence-electron chi connectivity index (χ4n) is 2.36. The van der Waals surface area contributed by atoms with E-state index >= 15 is 0 Å². The van der Waals surface area contributed by atoms with Crippen LogP contribution in [0.3, 0.4) is 0 Å². The van der Waals surface area contributed by atoms with Crippen LogP contribution in [0.1, 0.15) is 17.3 Å². The highest BCUT2D eigenvalue weighted by atomic mass is 19.1. The summed E-state index contributed by atoms with van der Waals surface area (Å²) in [6.45, 7) is 2.71. The fourth-order valence-corrected chi connectivity index (χ4v) is 2.36. The summed E-state index contributed by atoms with van der Waals surface area (Å²) in [4.78, 5) is 22.8. The number of hydrogen-bond donors (Lipinski definition) is 1. The van der Waals surface area contributed by atoms with Crippen molar-refractivity contribution in [1.29, 1.82) is 0 Å². The van der Waals surface area contributed by atoms with E-state index in [9.17, 15) is 9.18 Å². The first kappa shape index (κ1) is 16.6. The van der Waals surface area contributed by atoms with Gasteiger partial charge in [0.05, 0.1) is 5.56 Å². The second-order valence-corrected chi connectivity index (χ2v) is 5.31. The Hall–Kier alpha value is -3.28. The third kappa shape index (κ3) is 3.98. The Labute approximate surface area is 145 Å². The summed E-state index contributed by atoms with van der Waals surface area (Å²) in [5.41, 5.74) is 1.82. The number of hydrogen-bond acceptors (Lipinski definition) is 4. The molecule has 2 aromatic carbocycles. The molecule has 1 amide bonds. The summed E-state index contributed by atoms with van der Waals surface area (Å²) in [6.07, 6.45) is 2.96. The summed E-state index contributed by atoms with van der Waals surface area (Å²) < 4.78 is 12.9. The molecule has 25 heavy (non-hydrogen) atoms. The average Bonchev–Trinajstić information content (AvgIpc) is 2.66. The number of rotatable bonds is 5. The van der Waals surface area contributed by atoms with Crippen LogP contribution in [0.15, 0.2) is 67.0 Å². The Bertz CT molecular complexity index is 836. The van der Waals surface area contributed by atoms with Crippen molar-refractivity contribution < 1.29 is 9.18 Å². The molecule has 6 heteroatoms. The molecule has 0 unspecified atom stereocenters. The first-order valence-corrected chi connectivity index (χ1v) is 7.89. The minimum atomic E-state index is -0.355. The second kappa shape index (κ2) is 7.53. The number of carbonyl (C=O) groups is 1. The first-order valence-electron chi connectivity index (χ1n) is 7.89. The average molecular weight is 336 g/mol. The van der Waals surface area contributed by atoms with Crippen molar-refractivity contribution in [3.05, 3.63) is 78.4 Å². The van der Waals surface area contributed by atoms with Crippen molar-refractivity contribution in [2.45, 2.75) is 6.92 Å². The van der Waals surface area contributed by atoms with Crippen LogP contribution < -0.4 is 10.2 Å². The Morgan fingerprint density at radius 1 is 1.04 bits per heavy atom. The molecule has 0 aliphatic heterocycles. The number of anilines is 3. The van der Waals surface area contributed by atoms with E-state index in [-0.39, 0.29) is 11.7 Å². The second-order valence-electron chi connectivity index (χ2n) is 5.31. The Morgan fingerprint density at radius 2 is 1.68 bits per heavy atom. The van der Waals surface area contributed by atoms with Gasteiger partial charge in [-0.15, -0.1) is 0 Å². The maximum absolute atomic E-state index is 12.9. The predicted octanol–water partition coefficient (Wildman–Crippen LogP) is 4.03. The molecule has 3 aromatic rings. The molecular weight excluding hydrogens is 319 g/mol. The van der Waals surface area contributed by atoms with Crippen LogP contribution in [0.4, 0.5) is 21.7 Å². The van der Waals surface area contributed by atoms with Gasteiger partial charge in [0.1, 0.15) is 5.82 Å². The van der Waals surface area contributed by atoms with Crippen LogP contribution in [0.5, 0.6) is 0 Å². The molecule has 0 radical (unpaired) electrons. The summed E-state index contributed by atoms with van der Waals surface area (Å²) >= 11 is 0. The van der Waals surface area contributed by atoms with Crippen molar-refractivity contribution in [2.24, 2.45) is 0 Å². The third-order valence-electron chi connectivity index (χ3n) is 3.63. The summed E-state index contributed by atoms with van der Waals surface area (Å²) in [6, 6.07) is 15.4. The normalized spacial score (nSPS) is 10.3. The zero-order chi connectivity index (χ0) is 17.6. The molecule has 0 saturated heterocycles. The zero-order valence-electron chi connectivity index (χ0n) is 13.7. The highest BCUT2D eigenvalue weighted by molar-refractivity contribution is 6.03. The number of aromatic nitrogens is 2. The van der Waals surface area contributed by atoms with Gasteiger partial charge in [-0.1, -0.05) is 18.2 Å². The molecule has 3 rings (SSSR count). The summed E-state index contributed by atoms with van der Waals surface area (Å²) in [5.74, 6) is -0.181. The minimum Gasteiger partial charge on any atom is -0.322 e. The van der Waals surface area contributed by atoms with Gasteiger partial charge in [-0.05, 0) is 43.3 Å². The van der Waals surface area contributed by atoms with Gasteiger partial charge in [0, 0.05) is 30.3 Å². The van der Waals surface area contributed by atoms with Crippen LogP contribution in [0.2, 0.25) is 0 Å². The monoisotopic (exact) mass is 336 g/mol. The van der Waals surface area contributed by atoms with Crippen molar-refractivity contribution in [1.82, 2.24) is 9.97 Å². The lowest BCUT2D eigenvalue weighted by molar-refractivity contribution is 0.102. The van der Waals surface area contributed by atoms with Gasteiger partial charge in [-0.25, -0.2) is 14.4 Å². The maximum atomic E-state index is 12.9. The number of para-hydroxylation sites is 1. The molecule has 126 valence electrons. The van der Waals surface area contributed by atoms with E-state index in [0.717, 1.165) is 5.69 Å². The van der Waals surface area contributed by atoms with E-state index in [0.29, 0.717) is 23.7 Å². The van der Waals surface area contributed by atoms with Gasteiger partial charge in [-0.3, -0.25) is 4.79 Å². The predicted molar refractivity (Wildman–Crippen MR) is 95.5 cm³/mol. The quantitative estimate of drug-likeness (QED) is 0.764. The van der Waals surface area contributed by atoms with Gasteiger partial charge in [-0.2, -0.15) is 0 Å². The van der Waals surface area contributed by atoms with E-state index in [2.05, 4.69) is 15.3 Å². The molecule has 5 nitrogen and oxygen atoms in total. The fraction of sp³-hybridized carbons (Fsp3) is 0.105. The largest absolute Gasteiger partial charge is 0.322 e. The molecule has 0 aliphatic rings. The van der Waals surface area contributed by atoms with E-state index in [1.54, 1.807) is 0 Å². The van der Waals surface area contributed by atoms with Crippen molar-refractivity contribution in [2.75, 3.05) is 16.8 Å². The van der Waals surface area contributed by atoms with E-state index in [1.165, 1.54) is 36.7 Å². The molecular formula is C19H17FN4O. The van der Waals surface area contributed by atoms with Crippen LogP contribution in [0, 0.1) is 5.82 Å². The number of nitrogens with zero attached hydrogens (tertiary/aromatic N) is 3.